The predicted octanol–water partition coefficient (Wildman–Crippen LogP) is 2.88. The summed E-state index contributed by atoms with van der Waals surface area (Å²) in [7, 11) is 0. The topological polar surface area (TPSA) is 17.1 Å². The van der Waals surface area contributed by atoms with Crippen molar-refractivity contribution in [1.82, 2.24) is 0 Å². The van der Waals surface area contributed by atoms with Gasteiger partial charge in [-0.05, 0) is 12.5 Å². The smallest absolute Gasteiger partial charge is 0.156 e. The minimum Gasteiger partial charge on any atom is -0.295 e. The van der Waals surface area contributed by atoms with Crippen LogP contribution in [0.25, 0.3) is 0 Å². The van der Waals surface area contributed by atoms with Gasteiger partial charge in [0.1, 0.15) is 0 Å². The van der Waals surface area contributed by atoms with Gasteiger partial charge in [-0.1, -0.05) is 38.5 Å². The van der Waals surface area contributed by atoms with Crippen molar-refractivity contribution in [3.63, 3.8) is 0 Å². The summed E-state index contributed by atoms with van der Waals surface area (Å²) in [5, 5.41) is 0. The minimum absolute atomic E-state index is 0.0825. The molecular formula is C12H16O. The van der Waals surface area contributed by atoms with Gasteiger partial charge in [-0.15, -0.1) is 0 Å². The van der Waals surface area contributed by atoms with E-state index >= 15 is 0 Å². The van der Waals surface area contributed by atoms with Crippen LogP contribution in [0.15, 0.2) is 23.8 Å². The average Bonchev–Trinajstić information content (AvgIpc) is 2.25. The van der Waals surface area contributed by atoms with Gasteiger partial charge in [0.05, 0.1) is 0 Å². The van der Waals surface area contributed by atoms with E-state index in [1.54, 1.807) is 0 Å². The molecule has 1 atom stereocenters. The molecule has 0 amide bonds. The van der Waals surface area contributed by atoms with Gasteiger partial charge in [0.15, 0.2) is 5.78 Å². The van der Waals surface area contributed by atoms with Crippen LogP contribution in [0.4, 0.5) is 0 Å². The summed E-state index contributed by atoms with van der Waals surface area (Å²) < 4.78 is 0. The van der Waals surface area contributed by atoms with Crippen molar-refractivity contribution in [2.24, 2.45) is 10.8 Å². The van der Waals surface area contributed by atoms with Crippen molar-refractivity contribution >= 4 is 5.78 Å². The number of hydrogen-bond donors (Lipinski definition) is 0. The maximum atomic E-state index is 11.4. The second-order valence-electron chi connectivity index (χ2n) is 5.09. The van der Waals surface area contributed by atoms with Gasteiger partial charge in [0.2, 0.25) is 0 Å². The molecule has 0 bridgehead atoms. The number of ketones is 1. The van der Waals surface area contributed by atoms with Crippen molar-refractivity contribution in [3.8, 4) is 0 Å². The molecule has 0 fully saturated rings. The number of hydrogen-bond acceptors (Lipinski definition) is 1. The first-order chi connectivity index (χ1) is 5.94. The summed E-state index contributed by atoms with van der Waals surface area (Å²) >= 11 is 0. The van der Waals surface area contributed by atoms with Gasteiger partial charge in [-0.2, -0.15) is 0 Å². The van der Waals surface area contributed by atoms with Crippen molar-refractivity contribution in [1.29, 1.82) is 0 Å². The van der Waals surface area contributed by atoms with Crippen LogP contribution < -0.4 is 0 Å². The van der Waals surface area contributed by atoms with Crippen molar-refractivity contribution in [2.45, 2.75) is 33.6 Å². The van der Waals surface area contributed by atoms with E-state index in [9.17, 15) is 4.79 Å². The average molecular weight is 176 g/mol. The minimum atomic E-state index is 0.0825. The van der Waals surface area contributed by atoms with Crippen molar-refractivity contribution in [2.75, 3.05) is 0 Å². The molecule has 1 unspecified atom stereocenters. The number of carbonyl (C=O) groups excluding carboxylic acids is 1. The molecule has 2 rings (SSSR count). The fourth-order valence-corrected chi connectivity index (χ4v) is 2.72. The van der Waals surface area contributed by atoms with Crippen LogP contribution in [-0.2, 0) is 4.79 Å². The fourth-order valence-electron chi connectivity index (χ4n) is 2.72. The number of fused-ring (bicyclic) bond motifs is 1. The molecule has 0 aliphatic heterocycles. The van der Waals surface area contributed by atoms with Crippen LogP contribution in [0, 0.1) is 10.8 Å². The summed E-state index contributed by atoms with van der Waals surface area (Å²) in [6.07, 6.45) is 8.03. The summed E-state index contributed by atoms with van der Waals surface area (Å²) in [6.45, 7) is 6.58. The maximum absolute atomic E-state index is 11.4. The lowest BCUT2D eigenvalue weighted by Crippen LogP contribution is -2.28. The highest BCUT2D eigenvalue weighted by Gasteiger charge is 2.43. The second-order valence-corrected chi connectivity index (χ2v) is 5.09. The van der Waals surface area contributed by atoms with Gasteiger partial charge in [-0.3, -0.25) is 4.79 Å². The highest BCUT2D eigenvalue weighted by molar-refractivity contribution is 5.94. The van der Waals surface area contributed by atoms with Gasteiger partial charge >= 0.3 is 0 Å². The third-order valence-electron chi connectivity index (χ3n) is 3.32. The Labute approximate surface area is 79.5 Å². The molecule has 0 aromatic carbocycles. The van der Waals surface area contributed by atoms with E-state index < -0.39 is 0 Å². The highest BCUT2D eigenvalue weighted by Crippen LogP contribution is 2.52. The Kier molecular flexibility index (Phi) is 1.57. The van der Waals surface area contributed by atoms with E-state index in [1.165, 1.54) is 5.57 Å². The van der Waals surface area contributed by atoms with Crippen LogP contribution in [0.3, 0.4) is 0 Å². The predicted molar refractivity (Wildman–Crippen MR) is 53.4 cm³/mol. The molecule has 1 nitrogen and oxygen atoms in total. The molecule has 0 saturated carbocycles. The standard InChI is InChI=1S/C12H16O/c1-11(2)5-4-6-12(3)8-9(13)7-10(11)12/h4-5,7H,6,8H2,1-3H3. The number of rotatable bonds is 0. The monoisotopic (exact) mass is 176 g/mol. The van der Waals surface area contributed by atoms with Gasteiger partial charge in [-0.25, -0.2) is 0 Å². The Morgan fingerprint density at radius 3 is 2.62 bits per heavy atom. The molecular weight excluding hydrogens is 160 g/mol. The summed E-state index contributed by atoms with van der Waals surface area (Å²) in [6, 6.07) is 0. The largest absolute Gasteiger partial charge is 0.295 e. The first-order valence-corrected chi connectivity index (χ1v) is 4.87. The van der Waals surface area contributed by atoms with E-state index in [2.05, 4.69) is 32.9 Å². The van der Waals surface area contributed by atoms with E-state index in [0.717, 1.165) is 6.42 Å². The van der Waals surface area contributed by atoms with Crippen LogP contribution >= 0.6 is 0 Å². The quantitative estimate of drug-likeness (QED) is 0.519. The third kappa shape index (κ3) is 1.18. The highest BCUT2D eigenvalue weighted by atomic mass is 16.1. The van der Waals surface area contributed by atoms with E-state index in [-0.39, 0.29) is 10.8 Å². The lowest BCUT2D eigenvalue weighted by Gasteiger charge is -2.38. The van der Waals surface area contributed by atoms with Crippen molar-refractivity contribution in [3.05, 3.63) is 23.8 Å². The Hall–Kier alpha value is -0.850. The summed E-state index contributed by atoms with van der Waals surface area (Å²) in [5.41, 5.74) is 1.53. The molecule has 0 saturated heterocycles. The van der Waals surface area contributed by atoms with Crippen molar-refractivity contribution < 1.29 is 4.79 Å². The molecule has 2 aliphatic rings. The molecule has 0 spiro atoms. The zero-order valence-corrected chi connectivity index (χ0v) is 8.55. The lowest BCUT2D eigenvalue weighted by molar-refractivity contribution is -0.115. The second kappa shape index (κ2) is 2.34. The Morgan fingerprint density at radius 2 is 2.00 bits per heavy atom. The third-order valence-corrected chi connectivity index (χ3v) is 3.32. The van der Waals surface area contributed by atoms with Crippen LogP contribution in [0.1, 0.15) is 33.6 Å². The van der Waals surface area contributed by atoms with Crippen LogP contribution in [-0.4, -0.2) is 5.78 Å². The molecule has 0 N–H and O–H groups in total. The molecule has 1 heteroatoms. The van der Waals surface area contributed by atoms with Gasteiger partial charge < -0.3 is 0 Å². The van der Waals surface area contributed by atoms with E-state index in [0.29, 0.717) is 12.2 Å². The zero-order chi connectivity index (χ0) is 9.69. The normalized spacial score (nSPS) is 35.9. The number of allylic oxidation sites excluding steroid dienone is 4. The molecule has 70 valence electrons. The summed E-state index contributed by atoms with van der Waals surface area (Å²) in [5.74, 6) is 0.300. The Morgan fingerprint density at radius 1 is 1.31 bits per heavy atom. The molecule has 0 heterocycles. The molecule has 0 radical (unpaired) electrons. The maximum Gasteiger partial charge on any atom is 0.156 e. The summed E-state index contributed by atoms with van der Waals surface area (Å²) in [4.78, 5) is 11.4. The van der Waals surface area contributed by atoms with Gasteiger partial charge in [0.25, 0.3) is 0 Å². The lowest BCUT2D eigenvalue weighted by atomic mass is 9.65. The van der Waals surface area contributed by atoms with E-state index in [4.69, 9.17) is 0 Å². The molecule has 2 aliphatic carbocycles. The Bertz CT molecular complexity index is 320. The first kappa shape index (κ1) is 8.74. The first-order valence-electron chi connectivity index (χ1n) is 4.87. The molecule has 0 aromatic rings. The zero-order valence-electron chi connectivity index (χ0n) is 8.55. The number of carbonyl (C=O) groups is 1. The molecule has 13 heavy (non-hydrogen) atoms. The Balaban J connectivity index is 2.51. The SMILES string of the molecule is CC1(C)C=CCC2(C)CC(=O)C=C12. The van der Waals surface area contributed by atoms with E-state index in [1.807, 2.05) is 6.08 Å². The van der Waals surface area contributed by atoms with Gasteiger partial charge in [0, 0.05) is 17.3 Å². The van der Waals surface area contributed by atoms with Crippen LogP contribution in [0.5, 0.6) is 0 Å². The molecule has 0 aromatic heterocycles. The van der Waals surface area contributed by atoms with Crippen LogP contribution in [0.2, 0.25) is 0 Å². The fraction of sp³-hybridized carbons (Fsp3) is 0.583.